The number of rotatable bonds is 0. The topological polar surface area (TPSA) is 57.2 Å². The molecule has 2 heterocycles. The number of halogens is 1. The highest BCUT2D eigenvalue weighted by atomic mass is 79.9. The summed E-state index contributed by atoms with van der Waals surface area (Å²) in [4.78, 5) is 15.0. The van der Waals surface area contributed by atoms with Crippen molar-refractivity contribution in [1.29, 1.82) is 0 Å². The summed E-state index contributed by atoms with van der Waals surface area (Å²) in [5, 5.41) is 4.79. The maximum atomic E-state index is 11.8. The second-order valence-electron chi connectivity index (χ2n) is 3.79. The summed E-state index contributed by atoms with van der Waals surface area (Å²) >= 11 is 3.43. The number of amides is 1. The van der Waals surface area contributed by atoms with Gasteiger partial charge in [-0.1, -0.05) is 0 Å². The van der Waals surface area contributed by atoms with Crippen LogP contribution < -0.4 is 5.43 Å². The van der Waals surface area contributed by atoms with Crippen molar-refractivity contribution < 1.29 is 4.79 Å². The van der Waals surface area contributed by atoms with Gasteiger partial charge in [-0.2, -0.15) is 5.10 Å². The van der Waals surface area contributed by atoms with E-state index in [0.717, 1.165) is 26.6 Å². The first-order valence-corrected chi connectivity index (χ1v) is 5.61. The van der Waals surface area contributed by atoms with Crippen LogP contribution in [0.3, 0.4) is 0 Å². The Hall–Kier alpha value is -1.62. The van der Waals surface area contributed by atoms with E-state index < -0.39 is 0 Å². The zero-order valence-electron chi connectivity index (χ0n) is 8.47. The van der Waals surface area contributed by atoms with Gasteiger partial charge in [-0.05, 0) is 40.5 Å². The van der Waals surface area contributed by atoms with E-state index in [-0.39, 0.29) is 5.91 Å². The van der Waals surface area contributed by atoms with Gasteiger partial charge in [0.2, 0.25) is 0 Å². The summed E-state index contributed by atoms with van der Waals surface area (Å²) in [6.07, 6.45) is 1.65. The number of hydrogen-bond acceptors (Lipinski definition) is 2. The molecule has 0 spiro atoms. The third-order valence-corrected chi connectivity index (χ3v) is 3.26. The van der Waals surface area contributed by atoms with Crippen molar-refractivity contribution in [3.05, 3.63) is 33.4 Å². The number of hydrogen-bond donors (Lipinski definition) is 2. The minimum Gasteiger partial charge on any atom is -0.349 e. The molecule has 0 saturated carbocycles. The van der Waals surface area contributed by atoms with Gasteiger partial charge in [-0.3, -0.25) is 4.79 Å². The number of nitrogens with one attached hydrogen (secondary N) is 2. The Morgan fingerprint density at radius 2 is 2.19 bits per heavy atom. The number of nitrogens with zero attached hydrogens (tertiary/aromatic N) is 1. The number of benzene rings is 1. The fraction of sp³-hybridized carbons (Fsp3) is 0.0909. The van der Waals surface area contributed by atoms with Gasteiger partial charge in [0.05, 0.1) is 16.4 Å². The molecule has 0 fully saturated rings. The summed E-state index contributed by atoms with van der Waals surface area (Å²) in [5.41, 5.74) is 6.04. The summed E-state index contributed by atoms with van der Waals surface area (Å²) in [6.45, 7) is 1.96. The van der Waals surface area contributed by atoms with Gasteiger partial charge >= 0.3 is 0 Å². The van der Waals surface area contributed by atoms with E-state index in [1.165, 1.54) is 0 Å². The van der Waals surface area contributed by atoms with Crippen molar-refractivity contribution in [2.24, 2.45) is 5.10 Å². The molecule has 1 aromatic heterocycles. The molecule has 0 aliphatic carbocycles. The lowest BCUT2D eigenvalue weighted by molar-refractivity contribution is 0.0957. The quantitative estimate of drug-likeness (QED) is 0.763. The molecule has 0 saturated heterocycles. The average molecular weight is 278 g/mol. The van der Waals surface area contributed by atoms with Gasteiger partial charge in [0.1, 0.15) is 0 Å². The predicted octanol–water partition coefficient (Wildman–Crippen LogP) is 2.32. The van der Waals surface area contributed by atoms with Crippen LogP contribution in [0.5, 0.6) is 0 Å². The first-order chi connectivity index (χ1) is 7.66. The van der Waals surface area contributed by atoms with E-state index in [1.54, 1.807) is 6.21 Å². The highest BCUT2D eigenvalue weighted by molar-refractivity contribution is 9.10. The number of aromatic amines is 1. The minimum atomic E-state index is -0.171. The van der Waals surface area contributed by atoms with E-state index in [0.29, 0.717) is 5.56 Å². The lowest BCUT2D eigenvalue weighted by Gasteiger charge is -2.02. The van der Waals surface area contributed by atoms with Crippen molar-refractivity contribution in [3.8, 4) is 0 Å². The Kier molecular flexibility index (Phi) is 1.91. The van der Waals surface area contributed by atoms with Gasteiger partial charge < -0.3 is 4.98 Å². The maximum absolute atomic E-state index is 11.8. The number of H-pyrrole nitrogens is 1. The van der Waals surface area contributed by atoms with Gasteiger partial charge in [0.15, 0.2) is 0 Å². The highest BCUT2D eigenvalue weighted by Crippen LogP contribution is 2.30. The standard InChI is InChI=1S/C11H8BrN3O/c1-5-2-6-9-7(4-13-15-11(6)16)10(12)14-8(9)3-5/h2-4,14H,1H3,(H,15,16). The monoisotopic (exact) mass is 277 g/mol. The Morgan fingerprint density at radius 1 is 1.38 bits per heavy atom. The molecule has 0 unspecified atom stereocenters. The Bertz CT molecular complexity index is 642. The molecule has 1 aromatic carbocycles. The SMILES string of the molecule is Cc1cc2c3c(c(Br)[nH]c3c1)C=NNC2=O. The molecule has 1 amide bonds. The third kappa shape index (κ3) is 1.21. The summed E-state index contributed by atoms with van der Waals surface area (Å²) < 4.78 is 0.842. The smallest absolute Gasteiger partial charge is 0.272 e. The lowest BCUT2D eigenvalue weighted by atomic mass is 10.0. The van der Waals surface area contributed by atoms with Crippen LogP contribution >= 0.6 is 15.9 Å². The van der Waals surface area contributed by atoms with E-state index in [2.05, 4.69) is 31.4 Å². The van der Waals surface area contributed by atoms with Crippen molar-refractivity contribution in [1.82, 2.24) is 10.4 Å². The molecule has 16 heavy (non-hydrogen) atoms. The number of aromatic nitrogens is 1. The first kappa shape index (κ1) is 9.59. The summed E-state index contributed by atoms with van der Waals surface area (Å²) in [5.74, 6) is -0.171. The zero-order valence-corrected chi connectivity index (χ0v) is 10.1. The van der Waals surface area contributed by atoms with Crippen LogP contribution in [0.25, 0.3) is 10.9 Å². The van der Waals surface area contributed by atoms with Crippen molar-refractivity contribution in [2.75, 3.05) is 0 Å². The molecule has 5 heteroatoms. The normalized spacial score (nSPS) is 14.0. The van der Waals surface area contributed by atoms with E-state index in [1.807, 2.05) is 19.1 Å². The zero-order chi connectivity index (χ0) is 11.3. The van der Waals surface area contributed by atoms with Crippen LogP contribution in [0.2, 0.25) is 0 Å². The number of hydrazone groups is 1. The fourth-order valence-corrected chi connectivity index (χ4v) is 2.50. The predicted molar refractivity (Wildman–Crippen MR) is 65.8 cm³/mol. The maximum Gasteiger partial charge on any atom is 0.272 e. The number of carbonyl (C=O) groups excluding carboxylic acids is 1. The van der Waals surface area contributed by atoms with Crippen LogP contribution in [0.1, 0.15) is 21.5 Å². The molecule has 0 atom stereocenters. The molecule has 2 N–H and O–H groups in total. The van der Waals surface area contributed by atoms with Crippen LogP contribution in [0.4, 0.5) is 0 Å². The van der Waals surface area contributed by atoms with Crippen LogP contribution in [0.15, 0.2) is 21.8 Å². The Labute approximate surface area is 99.9 Å². The third-order valence-electron chi connectivity index (χ3n) is 2.64. The molecular weight excluding hydrogens is 270 g/mol. The van der Waals surface area contributed by atoms with Gasteiger partial charge in [-0.25, -0.2) is 5.43 Å². The van der Waals surface area contributed by atoms with Gasteiger partial charge in [-0.15, -0.1) is 0 Å². The van der Waals surface area contributed by atoms with Crippen LogP contribution in [-0.2, 0) is 0 Å². The lowest BCUT2D eigenvalue weighted by Crippen LogP contribution is -2.16. The van der Waals surface area contributed by atoms with Crippen LogP contribution in [0, 0.1) is 6.92 Å². The molecule has 1 aliphatic rings. The molecule has 3 rings (SSSR count). The second-order valence-corrected chi connectivity index (χ2v) is 4.58. The van der Waals surface area contributed by atoms with Crippen LogP contribution in [-0.4, -0.2) is 17.1 Å². The van der Waals surface area contributed by atoms with Crippen molar-refractivity contribution in [2.45, 2.75) is 6.92 Å². The van der Waals surface area contributed by atoms with Crippen molar-refractivity contribution in [3.63, 3.8) is 0 Å². The highest BCUT2D eigenvalue weighted by Gasteiger charge is 2.19. The largest absolute Gasteiger partial charge is 0.349 e. The molecule has 2 aromatic rings. The fourth-order valence-electron chi connectivity index (χ4n) is 1.99. The number of aryl methyl sites for hydroxylation is 1. The summed E-state index contributed by atoms with van der Waals surface area (Å²) in [6, 6.07) is 3.88. The summed E-state index contributed by atoms with van der Waals surface area (Å²) in [7, 11) is 0. The minimum absolute atomic E-state index is 0.171. The second kappa shape index (κ2) is 3.18. The average Bonchev–Trinajstić information content (AvgIpc) is 2.42. The van der Waals surface area contributed by atoms with E-state index in [4.69, 9.17) is 0 Å². The molecule has 4 nitrogen and oxygen atoms in total. The Balaban J connectivity index is 2.54. The molecule has 0 bridgehead atoms. The molecule has 0 radical (unpaired) electrons. The number of carbonyl (C=O) groups is 1. The molecule has 1 aliphatic heterocycles. The first-order valence-electron chi connectivity index (χ1n) is 4.82. The van der Waals surface area contributed by atoms with Crippen molar-refractivity contribution >= 4 is 39.0 Å². The van der Waals surface area contributed by atoms with E-state index in [9.17, 15) is 4.79 Å². The Morgan fingerprint density at radius 3 is 3.00 bits per heavy atom. The molecular formula is C11H8BrN3O. The van der Waals surface area contributed by atoms with E-state index >= 15 is 0 Å². The molecule has 80 valence electrons. The van der Waals surface area contributed by atoms with Gasteiger partial charge in [0.25, 0.3) is 5.91 Å². The van der Waals surface area contributed by atoms with Gasteiger partial charge in [0, 0.05) is 16.5 Å².